The average Bonchev–Trinajstić information content (AvgIpc) is 2.77. The van der Waals surface area contributed by atoms with E-state index in [2.05, 4.69) is 17.9 Å². The average molecular weight is 477 g/mol. The highest BCUT2D eigenvalue weighted by atomic mass is 35.5. The first kappa shape index (κ1) is 23.9. The van der Waals surface area contributed by atoms with Gasteiger partial charge in [-0.1, -0.05) is 23.7 Å². The minimum atomic E-state index is -1.09. The van der Waals surface area contributed by atoms with Gasteiger partial charge in [-0.15, -0.1) is 0 Å². The Morgan fingerprint density at radius 3 is 2.56 bits per heavy atom. The van der Waals surface area contributed by atoms with Crippen LogP contribution in [0.25, 0.3) is 0 Å². The van der Waals surface area contributed by atoms with Gasteiger partial charge in [0, 0.05) is 29.7 Å². The molecule has 1 fully saturated rings. The molecule has 0 spiro atoms. The molecule has 32 heavy (non-hydrogen) atoms. The van der Waals surface area contributed by atoms with E-state index in [1.54, 1.807) is 4.90 Å². The lowest BCUT2D eigenvalue weighted by molar-refractivity contribution is -0.143. The number of piperidine rings is 1. The SMILES string of the molecule is COc1cc(C(=O)O)ccc1NC(=O)CC1CCC(c2ccc(Cl)cc2)N(CCS)C1=O. The number of carbonyl (C=O) groups is 3. The molecule has 0 radical (unpaired) electrons. The summed E-state index contributed by atoms with van der Waals surface area (Å²) in [6.45, 7) is 0.484. The van der Waals surface area contributed by atoms with Gasteiger partial charge < -0.3 is 20.1 Å². The molecule has 1 aliphatic rings. The van der Waals surface area contributed by atoms with Crippen LogP contribution in [0.1, 0.15) is 41.2 Å². The molecule has 2 N–H and O–H groups in total. The van der Waals surface area contributed by atoms with Crippen LogP contribution in [0.4, 0.5) is 5.69 Å². The molecule has 2 amide bonds. The molecule has 0 bridgehead atoms. The Morgan fingerprint density at radius 1 is 1.22 bits per heavy atom. The number of thiol groups is 1. The predicted molar refractivity (Wildman–Crippen MR) is 126 cm³/mol. The number of anilines is 1. The summed E-state index contributed by atoms with van der Waals surface area (Å²) in [5.74, 6) is -1.18. The van der Waals surface area contributed by atoms with E-state index >= 15 is 0 Å². The zero-order chi connectivity index (χ0) is 23.3. The summed E-state index contributed by atoms with van der Waals surface area (Å²) >= 11 is 10.3. The standard InChI is InChI=1S/C23H25ClN2O5S/c1-31-20-12-16(23(29)30)4-8-18(20)25-21(27)13-15-5-9-19(26(10-11-32)22(15)28)14-2-6-17(24)7-3-14/h2-4,6-8,12,15,19,32H,5,9-11,13H2,1H3,(H,25,27)(H,29,30). The van der Waals surface area contributed by atoms with Crippen LogP contribution >= 0.6 is 24.2 Å². The lowest BCUT2D eigenvalue weighted by Gasteiger charge is -2.39. The Morgan fingerprint density at radius 2 is 1.94 bits per heavy atom. The Bertz CT molecular complexity index is 998. The van der Waals surface area contributed by atoms with Gasteiger partial charge in [-0.05, 0) is 48.7 Å². The Balaban J connectivity index is 1.70. The second-order valence-electron chi connectivity index (χ2n) is 7.57. The topological polar surface area (TPSA) is 95.9 Å². The molecule has 0 aromatic heterocycles. The van der Waals surface area contributed by atoms with Crippen molar-refractivity contribution in [1.29, 1.82) is 0 Å². The minimum Gasteiger partial charge on any atom is -0.495 e. The molecule has 1 heterocycles. The van der Waals surface area contributed by atoms with Crippen LogP contribution in [-0.4, -0.2) is 47.2 Å². The Hall–Kier alpha value is -2.71. The number of amides is 2. The van der Waals surface area contributed by atoms with E-state index in [-0.39, 0.29) is 35.6 Å². The third-order valence-corrected chi connectivity index (χ3v) is 6.00. The van der Waals surface area contributed by atoms with Gasteiger partial charge in [-0.3, -0.25) is 9.59 Å². The first-order valence-corrected chi connectivity index (χ1v) is 11.2. The number of nitrogens with zero attached hydrogens (tertiary/aromatic N) is 1. The molecule has 1 saturated heterocycles. The van der Waals surface area contributed by atoms with E-state index in [0.717, 1.165) is 12.0 Å². The van der Waals surface area contributed by atoms with Crippen molar-refractivity contribution < 1.29 is 24.2 Å². The molecule has 3 rings (SSSR count). The number of benzene rings is 2. The number of carbonyl (C=O) groups excluding carboxylic acids is 2. The summed E-state index contributed by atoms with van der Waals surface area (Å²) in [7, 11) is 1.40. The molecule has 2 unspecified atom stereocenters. The number of hydrogen-bond donors (Lipinski definition) is 3. The van der Waals surface area contributed by atoms with Gasteiger partial charge in [0.15, 0.2) is 0 Å². The summed E-state index contributed by atoms with van der Waals surface area (Å²) in [5, 5.41) is 12.5. The number of carboxylic acids is 1. The Labute approximate surface area is 197 Å². The molecule has 2 aromatic carbocycles. The molecule has 0 saturated carbocycles. The normalized spacial score (nSPS) is 18.3. The van der Waals surface area contributed by atoms with Gasteiger partial charge in [-0.2, -0.15) is 12.6 Å². The van der Waals surface area contributed by atoms with Crippen molar-refractivity contribution >= 4 is 47.7 Å². The lowest BCUT2D eigenvalue weighted by atomic mass is 9.86. The molecule has 170 valence electrons. The molecule has 2 atom stereocenters. The lowest BCUT2D eigenvalue weighted by Crippen LogP contribution is -2.45. The van der Waals surface area contributed by atoms with Crippen molar-refractivity contribution in [3.8, 4) is 5.75 Å². The number of ether oxygens (including phenoxy) is 1. The molecule has 9 heteroatoms. The third kappa shape index (κ3) is 5.55. The van der Waals surface area contributed by atoms with Gasteiger partial charge in [0.2, 0.25) is 11.8 Å². The first-order chi connectivity index (χ1) is 15.3. The largest absolute Gasteiger partial charge is 0.495 e. The highest BCUT2D eigenvalue weighted by Crippen LogP contribution is 2.36. The maximum atomic E-state index is 13.2. The first-order valence-electron chi connectivity index (χ1n) is 10.2. The number of aromatic carboxylic acids is 1. The summed E-state index contributed by atoms with van der Waals surface area (Å²) in [6.07, 6.45) is 1.34. The van der Waals surface area contributed by atoms with Gasteiger partial charge in [0.1, 0.15) is 5.75 Å². The van der Waals surface area contributed by atoms with Crippen molar-refractivity contribution in [1.82, 2.24) is 4.90 Å². The fourth-order valence-electron chi connectivity index (χ4n) is 3.97. The minimum absolute atomic E-state index is 0.0269. The molecule has 1 aliphatic heterocycles. The molecule has 7 nitrogen and oxygen atoms in total. The fourth-order valence-corrected chi connectivity index (χ4v) is 4.32. The number of carboxylic acid groups (broad SMARTS) is 1. The Kier molecular flexibility index (Phi) is 8.04. The van der Waals surface area contributed by atoms with Crippen molar-refractivity contribution in [2.24, 2.45) is 5.92 Å². The van der Waals surface area contributed by atoms with Crippen LogP contribution in [0.5, 0.6) is 5.75 Å². The number of hydrogen-bond acceptors (Lipinski definition) is 5. The second kappa shape index (κ2) is 10.7. The van der Waals surface area contributed by atoms with Crippen molar-refractivity contribution in [3.05, 3.63) is 58.6 Å². The third-order valence-electron chi connectivity index (χ3n) is 5.55. The van der Waals surface area contributed by atoms with E-state index in [4.69, 9.17) is 21.4 Å². The molecule has 2 aromatic rings. The van der Waals surface area contributed by atoms with E-state index in [1.807, 2.05) is 24.3 Å². The zero-order valence-electron chi connectivity index (χ0n) is 17.6. The maximum absolute atomic E-state index is 13.2. The summed E-state index contributed by atoms with van der Waals surface area (Å²) in [4.78, 5) is 38.8. The smallest absolute Gasteiger partial charge is 0.335 e. The predicted octanol–water partition coefficient (Wildman–Crippen LogP) is 4.29. The maximum Gasteiger partial charge on any atom is 0.335 e. The van der Waals surface area contributed by atoms with E-state index in [0.29, 0.717) is 29.4 Å². The van der Waals surface area contributed by atoms with Gasteiger partial charge in [-0.25, -0.2) is 4.79 Å². The monoisotopic (exact) mass is 476 g/mol. The number of halogens is 1. The van der Waals surface area contributed by atoms with E-state index in [9.17, 15) is 14.4 Å². The van der Waals surface area contributed by atoms with Crippen LogP contribution in [-0.2, 0) is 9.59 Å². The van der Waals surface area contributed by atoms with Gasteiger partial charge in [0.05, 0.1) is 24.4 Å². The highest BCUT2D eigenvalue weighted by Gasteiger charge is 2.36. The summed E-state index contributed by atoms with van der Waals surface area (Å²) < 4.78 is 5.20. The number of rotatable bonds is 8. The quantitative estimate of drug-likeness (QED) is 0.494. The second-order valence-corrected chi connectivity index (χ2v) is 8.45. The molecular formula is C23H25ClN2O5S. The number of methoxy groups -OCH3 is 1. The van der Waals surface area contributed by atoms with Crippen molar-refractivity contribution in [2.75, 3.05) is 24.7 Å². The summed E-state index contributed by atoms with van der Waals surface area (Å²) in [5.41, 5.74) is 1.42. The van der Waals surface area contributed by atoms with Crippen LogP contribution in [0.3, 0.4) is 0 Å². The number of likely N-dealkylation sites (tertiary alicyclic amines) is 1. The van der Waals surface area contributed by atoms with Gasteiger partial charge >= 0.3 is 5.97 Å². The van der Waals surface area contributed by atoms with Crippen LogP contribution in [0.15, 0.2) is 42.5 Å². The highest BCUT2D eigenvalue weighted by molar-refractivity contribution is 7.80. The summed E-state index contributed by atoms with van der Waals surface area (Å²) in [6, 6.07) is 11.6. The van der Waals surface area contributed by atoms with Crippen LogP contribution in [0.2, 0.25) is 5.02 Å². The van der Waals surface area contributed by atoms with E-state index in [1.165, 1.54) is 25.3 Å². The van der Waals surface area contributed by atoms with Crippen molar-refractivity contribution in [3.63, 3.8) is 0 Å². The van der Waals surface area contributed by atoms with Crippen LogP contribution < -0.4 is 10.1 Å². The van der Waals surface area contributed by atoms with Crippen molar-refractivity contribution in [2.45, 2.75) is 25.3 Å². The number of nitrogens with one attached hydrogen (secondary N) is 1. The zero-order valence-corrected chi connectivity index (χ0v) is 19.2. The molecule has 0 aliphatic carbocycles. The fraction of sp³-hybridized carbons (Fsp3) is 0.348. The van der Waals surface area contributed by atoms with Gasteiger partial charge in [0.25, 0.3) is 0 Å². The molecular weight excluding hydrogens is 452 g/mol. The van der Waals surface area contributed by atoms with E-state index < -0.39 is 11.9 Å². The van der Waals surface area contributed by atoms with Crippen LogP contribution in [0, 0.1) is 5.92 Å².